The second-order valence-corrected chi connectivity index (χ2v) is 5.03. The molecule has 0 fully saturated rings. The Morgan fingerprint density at radius 3 is 3.26 bits per heavy atom. The van der Waals surface area contributed by atoms with E-state index in [1.54, 1.807) is 6.33 Å². The largest absolute Gasteiger partial charge is 0.353 e. The van der Waals surface area contributed by atoms with E-state index in [2.05, 4.69) is 25.5 Å². The minimum Gasteiger partial charge on any atom is -0.353 e. The van der Waals surface area contributed by atoms with Crippen LogP contribution >= 0.6 is 0 Å². The molecule has 1 atom stereocenters. The molecule has 1 amide bonds. The fourth-order valence-electron chi connectivity index (χ4n) is 2.53. The maximum Gasteiger partial charge on any atom is 0.226 e. The van der Waals surface area contributed by atoms with E-state index in [1.165, 1.54) is 5.56 Å². The Hall–Kier alpha value is -2.11. The number of rotatable bonds is 3. The van der Waals surface area contributed by atoms with E-state index in [4.69, 9.17) is 0 Å². The molecule has 1 unspecified atom stereocenters. The van der Waals surface area contributed by atoms with Crippen LogP contribution in [0.25, 0.3) is 0 Å². The van der Waals surface area contributed by atoms with Gasteiger partial charge in [-0.15, -0.1) is 0 Å². The van der Waals surface area contributed by atoms with Crippen LogP contribution in [0.5, 0.6) is 0 Å². The van der Waals surface area contributed by atoms with Crippen molar-refractivity contribution in [3.63, 3.8) is 0 Å². The molecule has 1 aliphatic carbocycles. The van der Waals surface area contributed by atoms with Crippen molar-refractivity contribution in [1.29, 1.82) is 0 Å². The van der Waals surface area contributed by atoms with Gasteiger partial charge in [0.2, 0.25) is 5.91 Å². The molecule has 2 heterocycles. The minimum absolute atomic E-state index is 0.0307. The molecule has 0 saturated carbocycles. The van der Waals surface area contributed by atoms with Crippen LogP contribution in [-0.2, 0) is 24.1 Å². The van der Waals surface area contributed by atoms with Crippen molar-refractivity contribution in [2.75, 3.05) is 0 Å². The van der Waals surface area contributed by atoms with Crippen LogP contribution in [0.3, 0.4) is 0 Å². The Bertz CT molecular complexity index is 585. The second-order valence-electron chi connectivity index (χ2n) is 5.03. The van der Waals surface area contributed by atoms with E-state index < -0.39 is 0 Å². The quantitative estimate of drug-likeness (QED) is 0.756. The standard InChI is InChI=1S/C13H17N5O/c1-8-11(15-7-14-8)5-13(19)17-10-3-2-9-6-16-18-12(9)4-10/h6-7,10H,2-5H2,1H3,(H,14,15)(H,16,18)(H,17,19). The molecule has 3 rings (SSSR count). The zero-order chi connectivity index (χ0) is 13.2. The van der Waals surface area contributed by atoms with Gasteiger partial charge in [-0.1, -0.05) is 0 Å². The first kappa shape index (κ1) is 12.0. The first-order chi connectivity index (χ1) is 9.22. The van der Waals surface area contributed by atoms with E-state index in [0.29, 0.717) is 6.42 Å². The van der Waals surface area contributed by atoms with Crippen molar-refractivity contribution in [2.45, 2.75) is 38.6 Å². The maximum atomic E-state index is 12.0. The SMILES string of the molecule is Cc1[nH]cnc1CC(=O)NC1CCc2cn[nH]c2C1. The number of imidazole rings is 1. The number of hydrogen-bond acceptors (Lipinski definition) is 3. The fraction of sp³-hybridized carbons (Fsp3) is 0.462. The summed E-state index contributed by atoms with van der Waals surface area (Å²) in [7, 11) is 0. The first-order valence-corrected chi connectivity index (χ1v) is 6.51. The predicted molar refractivity (Wildman–Crippen MR) is 69.6 cm³/mol. The lowest BCUT2D eigenvalue weighted by Crippen LogP contribution is -2.39. The second kappa shape index (κ2) is 4.87. The number of H-pyrrole nitrogens is 2. The fourth-order valence-corrected chi connectivity index (χ4v) is 2.53. The van der Waals surface area contributed by atoms with E-state index in [-0.39, 0.29) is 11.9 Å². The zero-order valence-corrected chi connectivity index (χ0v) is 10.9. The third-order valence-electron chi connectivity index (χ3n) is 3.65. The van der Waals surface area contributed by atoms with Crippen LogP contribution in [0.4, 0.5) is 0 Å². The summed E-state index contributed by atoms with van der Waals surface area (Å²) in [5, 5.41) is 10.1. The van der Waals surface area contributed by atoms with E-state index in [0.717, 1.165) is 36.3 Å². The molecule has 0 radical (unpaired) electrons. The number of hydrogen-bond donors (Lipinski definition) is 3. The van der Waals surface area contributed by atoms with Gasteiger partial charge < -0.3 is 10.3 Å². The van der Waals surface area contributed by atoms with Crippen molar-refractivity contribution < 1.29 is 4.79 Å². The summed E-state index contributed by atoms with van der Waals surface area (Å²) in [6.45, 7) is 1.92. The Kier molecular flexibility index (Phi) is 3.06. The lowest BCUT2D eigenvalue weighted by Gasteiger charge is -2.22. The van der Waals surface area contributed by atoms with Gasteiger partial charge in [-0.2, -0.15) is 5.10 Å². The molecule has 1 aliphatic rings. The molecular formula is C13H17N5O. The summed E-state index contributed by atoms with van der Waals surface area (Å²) in [4.78, 5) is 19.1. The molecule has 0 spiro atoms. The summed E-state index contributed by atoms with van der Waals surface area (Å²) in [6, 6.07) is 0.194. The van der Waals surface area contributed by atoms with Crippen molar-refractivity contribution in [1.82, 2.24) is 25.5 Å². The van der Waals surface area contributed by atoms with Crippen molar-refractivity contribution in [3.05, 3.63) is 35.2 Å². The number of amides is 1. The Morgan fingerprint density at radius 1 is 1.58 bits per heavy atom. The average Bonchev–Trinajstić information content (AvgIpc) is 2.98. The van der Waals surface area contributed by atoms with Crippen LogP contribution in [-0.4, -0.2) is 32.1 Å². The molecule has 0 saturated heterocycles. The number of fused-ring (bicyclic) bond motifs is 1. The molecule has 6 heteroatoms. The Labute approximate surface area is 111 Å². The highest BCUT2D eigenvalue weighted by Gasteiger charge is 2.21. The molecule has 2 aromatic heterocycles. The summed E-state index contributed by atoms with van der Waals surface area (Å²) >= 11 is 0. The molecule has 0 aromatic carbocycles. The van der Waals surface area contributed by atoms with Gasteiger partial charge in [-0.25, -0.2) is 4.98 Å². The van der Waals surface area contributed by atoms with Crippen molar-refractivity contribution in [3.8, 4) is 0 Å². The number of aromatic nitrogens is 4. The molecule has 100 valence electrons. The minimum atomic E-state index is 0.0307. The molecule has 3 N–H and O–H groups in total. The van der Waals surface area contributed by atoms with Gasteiger partial charge in [0, 0.05) is 23.9 Å². The van der Waals surface area contributed by atoms with Gasteiger partial charge in [0.25, 0.3) is 0 Å². The third kappa shape index (κ3) is 2.52. The third-order valence-corrected chi connectivity index (χ3v) is 3.65. The number of carbonyl (C=O) groups is 1. The van der Waals surface area contributed by atoms with Crippen molar-refractivity contribution in [2.24, 2.45) is 0 Å². The van der Waals surface area contributed by atoms with Crippen LogP contribution in [0, 0.1) is 6.92 Å². The van der Waals surface area contributed by atoms with Gasteiger partial charge in [0.1, 0.15) is 0 Å². The van der Waals surface area contributed by atoms with Gasteiger partial charge in [0.05, 0.1) is 24.6 Å². The number of aromatic amines is 2. The van der Waals surface area contributed by atoms with E-state index in [9.17, 15) is 4.79 Å². The molecule has 2 aromatic rings. The molecule has 0 bridgehead atoms. The van der Waals surface area contributed by atoms with Gasteiger partial charge in [0.15, 0.2) is 0 Å². The van der Waals surface area contributed by atoms with Crippen LogP contribution in [0.2, 0.25) is 0 Å². The highest BCUT2D eigenvalue weighted by Crippen LogP contribution is 2.18. The topological polar surface area (TPSA) is 86.5 Å². The smallest absolute Gasteiger partial charge is 0.226 e. The Balaban J connectivity index is 1.58. The Morgan fingerprint density at radius 2 is 2.47 bits per heavy atom. The van der Waals surface area contributed by atoms with Gasteiger partial charge in [-0.3, -0.25) is 9.89 Å². The van der Waals surface area contributed by atoms with Crippen LogP contribution in [0.1, 0.15) is 29.1 Å². The summed E-state index contributed by atoms with van der Waals surface area (Å²) < 4.78 is 0. The first-order valence-electron chi connectivity index (χ1n) is 6.51. The van der Waals surface area contributed by atoms with Crippen LogP contribution < -0.4 is 5.32 Å². The number of aryl methyl sites for hydroxylation is 2. The lowest BCUT2D eigenvalue weighted by molar-refractivity contribution is -0.121. The molecular weight excluding hydrogens is 242 g/mol. The lowest BCUT2D eigenvalue weighted by atomic mass is 9.93. The number of carbonyl (C=O) groups excluding carboxylic acids is 1. The molecule has 0 aliphatic heterocycles. The van der Waals surface area contributed by atoms with E-state index in [1.807, 2.05) is 13.1 Å². The number of nitrogens with one attached hydrogen (secondary N) is 3. The zero-order valence-electron chi connectivity index (χ0n) is 10.9. The van der Waals surface area contributed by atoms with Gasteiger partial charge >= 0.3 is 0 Å². The summed E-state index contributed by atoms with van der Waals surface area (Å²) in [5.74, 6) is 0.0307. The number of nitrogens with zero attached hydrogens (tertiary/aromatic N) is 2. The normalized spacial score (nSPS) is 18.1. The molecule has 19 heavy (non-hydrogen) atoms. The van der Waals surface area contributed by atoms with Gasteiger partial charge in [-0.05, 0) is 25.3 Å². The summed E-state index contributed by atoms with van der Waals surface area (Å²) in [6.07, 6.45) is 6.61. The summed E-state index contributed by atoms with van der Waals surface area (Å²) in [5.41, 5.74) is 4.19. The van der Waals surface area contributed by atoms with E-state index >= 15 is 0 Å². The molecule has 6 nitrogen and oxygen atoms in total. The van der Waals surface area contributed by atoms with Crippen molar-refractivity contribution >= 4 is 5.91 Å². The average molecular weight is 259 g/mol. The van der Waals surface area contributed by atoms with Crippen LogP contribution in [0.15, 0.2) is 12.5 Å². The predicted octanol–water partition coefficient (Wildman–Crippen LogP) is 0.657. The maximum absolute atomic E-state index is 12.0. The highest BCUT2D eigenvalue weighted by atomic mass is 16.1. The monoisotopic (exact) mass is 259 g/mol. The highest BCUT2D eigenvalue weighted by molar-refractivity contribution is 5.78.